The molecular formula is C19H21N5S. The van der Waals surface area contributed by atoms with Crippen LogP contribution >= 0.6 is 11.3 Å². The molecule has 1 aliphatic heterocycles. The van der Waals surface area contributed by atoms with Gasteiger partial charge in [0.25, 0.3) is 0 Å². The van der Waals surface area contributed by atoms with Crippen LogP contribution < -0.4 is 10.2 Å². The molecule has 3 aromatic rings. The summed E-state index contributed by atoms with van der Waals surface area (Å²) in [6, 6.07) is 12.5. The first-order chi connectivity index (χ1) is 12.4. The number of benzene rings is 1. The maximum absolute atomic E-state index is 4.63. The van der Waals surface area contributed by atoms with Gasteiger partial charge in [-0.1, -0.05) is 18.2 Å². The van der Waals surface area contributed by atoms with Crippen LogP contribution in [-0.4, -0.2) is 34.6 Å². The lowest BCUT2D eigenvalue weighted by Crippen LogP contribution is -2.26. The first-order valence-electron chi connectivity index (χ1n) is 8.61. The summed E-state index contributed by atoms with van der Waals surface area (Å²) < 4.78 is 0. The van der Waals surface area contributed by atoms with Gasteiger partial charge in [0.1, 0.15) is 0 Å². The summed E-state index contributed by atoms with van der Waals surface area (Å²) in [7, 11) is 0. The Morgan fingerprint density at radius 3 is 2.80 bits per heavy atom. The highest BCUT2D eigenvalue weighted by molar-refractivity contribution is 7.13. The van der Waals surface area contributed by atoms with Crippen molar-refractivity contribution in [1.29, 1.82) is 0 Å². The van der Waals surface area contributed by atoms with Crippen molar-refractivity contribution in [1.82, 2.24) is 20.3 Å². The van der Waals surface area contributed by atoms with Gasteiger partial charge in [-0.2, -0.15) is 0 Å². The Bertz CT molecular complexity index is 790. The van der Waals surface area contributed by atoms with Gasteiger partial charge in [-0.25, -0.2) is 15.0 Å². The SMILES string of the molecule is c1ccc(N2CC[C@H](CNCc3csc(-c4ncccn4)n3)C2)cc1. The second-order valence-corrected chi connectivity index (χ2v) is 7.14. The molecule has 0 unspecified atom stereocenters. The van der Waals surface area contributed by atoms with Crippen LogP contribution in [0.15, 0.2) is 54.2 Å². The Morgan fingerprint density at radius 2 is 1.96 bits per heavy atom. The molecule has 0 aliphatic carbocycles. The number of nitrogens with one attached hydrogen (secondary N) is 1. The van der Waals surface area contributed by atoms with E-state index in [1.807, 2.05) is 6.07 Å². The number of rotatable bonds is 6. The van der Waals surface area contributed by atoms with Crippen LogP contribution in [0.3, 0.4) is 0 Å². The van der Waals surface area contributed by atoms with Crippen LogP contribution in [0.5, 0.6) is 0 Å². The van der Waals surface area contributed by atoms with Crippen molar-refractivity contribution in [2.75, 3.05) is 24.5 Å². The topological polar surface area (TPSA) is 53.9 Å². The maximum atomic E-state index is 4.63. The average Bonchev–Trinajstić information content (AvgIpc) is 3.33. The zero-order chi connectivity index (χ0) is 16.9. The van der Waals surface area contributed by atoms with E-state index >= 15 is 0 Å². The number of anilines is 1. The summed E-state index contributed by atoms with van der Waals surface area (Å²) in [6.07, 6.45) is 4.74. The summed E-state index contributed by atoms with van der Waals surface area (Å²) in [4.78, 5) is 15.6. The highest BCUT2D eigenvalue weighted by Gasteiger charge is 2.22. The van der Waals surface area contributed by atoms with Crippen molar-refractivity contribution in [3.05, 3.63) is 59.9 Å². The van der Waals surface area contributed by atoms with Gasteiger partial charge in [-0.3, -0.25) is 0 Å². The van der Waals surface area contributed by atoms with Crippen molar-refractivity contribution in [3.63, 3.8) is 0 Å². The molecule has 1 aliphatic rings. The fourth-order valence-corrected chi connectivity index (χ4v) is 3.94. The van der Waals surface area contributed by atoms with E-state index in [4.69, 9.17) is 0 Å². The molecule has 1 aromatic carbocycles. The van der Waals surface area contributed by atoms with Crippen LogP contribution in [0.2, 0.25) is 0 Å². The average molecular weight is 351 g/mol. The van der Waals surface area contributed by atoms with E-state index < -0.39 is 0 Å². The minimum atomic E-state index is 0.691. The Balaban J connectivity index is 1.26. The lowest BCUT2D eigenvalue weighted by Gasteiger charge is -2.18. The molecule has 0 bridgehead atoms. The molecule has 5 nitrogen and oxygen atoms in total. The Morgan fingerprint density at radius 1 is 1.12 bits per heavy atom. The molecule has 4 rings (SSSR count). The van der Waals surface area contributed by atoms with Crippen LogP contribution in [0, 0.1) is 5.92 Å². The fourth-order valence-electron chi connectivity index (χ4n) is 3.18. The maximum Gasteiger partial charge on any atom is 0.188 e. The Hall–Kier alpha value is -2.31. The first-order valence-corrected chi connectivity index (χ1v) is 9.49. The second-order valence-electron chi connectivity index (χ2n) is 6.28. The molecule has 2 aromatic heterocycles. The van der Waals surface area contributed by atoms with Crippen molar-refractivity contribution >= 4 is 17.0 Å². The molecule has 25 heavy (non-hydrogen) atoms. The molecule has 1 saturated heterocycles. The van der Waals surface area contributed by atoms with Crippen LogP contribution in [0.25, 0.3) is 10.8 Å². The third-order valence-electron chi connectivity index (χ3n) is 4.46. The summed E-state index contributed by atoms with van der Waals surface area (Å²) in [6.45, 7) is 4.09. The third-order valence-corrected chi connectivity index (χ3v) is 5.34. The van der Waals surface area contributed by atoms with Crippen LogP contribution in [0.4, 0.5) is 5.69 Å². The van der Waals surface area contributed by atoms with Crippen molar-refractivity contribution in [2.24, 2.45) is 5.92 Å². The molecule has 128 valence electrons. The molecule has 0 amide bonds. The van der Waals surface area contributed by atoms with Gasteiger partial charge < -0.3 is 10.2 Å². The van der Waals surface area contributed by atoms with Gasteiger partial charge in [-0.15, -0.1) is 11.3 Å². The summed E-state index contributed by atoms with van der Waals surface area (Å²) >= 11 is 1.60. The van der Waals surface area contributed by atoms with E-state index in [1.54, 1.807) is 23.7 Å². The molecule has 1 N–H and O–H groups in total. The zero-order valence-corrected chi connectivity index (χ0v) is 14.8. The number of para-hydroxylation sites is 1. The molecule has 6 heteroatoms. The Kier molecular flexibility index (Phi) is 4.99. The number of hydrogen-bond acceptors (Lipinski definition) is 6. The van der Waals surface area contributed by atoms with Crippen molar-refractivity contribution < 1.29 is 0 Å². The standard InChI is InChI=1S/C19H21N5S/c1-2-5-17(6-3-1)24-10-7-15(13-24)11-20-12-16-14-25-19(23-16)18-21-8-4-9-22-18/h1-6,8-9,14-15,20H,7,10-13H2/t15-/m1/s1. The summed E-state index contributed by atoms with van der Waals surface area (Å²) in [5, 5.41) is 6.53. The second kappa shape index (κ2) is 7.72. The predicted octanol–water partition coefficient (Wildman–Crippen LogP) is 3.22. The molecule has 0 spiro atoms. The van der Waals surface area contributed by atoms with Crippen molar-refractivity contribution in [2.45, 2.75) is 13.0 Å². The van der Waals surface area contributed by atoms with E-state index in [0.717, 1.165) is 36.9 Å². The van der Waals surface area contributed by atoms with Crippen LogP contribution in [0.1, 0.15) is 12.1 Å². The fraction of sp³-hybridized carbons (Fsp3) is 0.316. The smallest absolute Gasteiger partial charge is 0.188 e. The first kappa shape index (κ1) is 16.2. The summed E-state index contributed by atoms with van der Waals surface area (Å²) in [5.74, 6) is 1.39. The minimum absolute atomic E-state index is 0.691. The van der Waals surface area contributed by atoms with Gasteiger partial charge >= 0.3 is 0 Å². The lowest BCUT2D eigenvalue weighted by molar-refractivity contribution is 0.514. The van der Waals surface area contributed by atoms with E-state index in [9.17, 15) is 0 Å². The van der Waals surface area contributed by atoms with Gasteiger partial charge in [0.05, 0.1) is 5.69 Å². The van der Waals surface area contributed by atoms with Gasteiger partial charge in [-0.05, 0) is 30.5 Å². The molecule has 3 heterocycles. The minimum Gasteiger partial charge on any atom is -0.371 e. The molecule has 1 atom stereocenters. The largest absolute Gasteiger partial charge is 0.371 e. The summed E-state index contributed by atoms with van der Waals surface area (Å²) in [5.41, 5.74) is 2.39. The number of hydrogen-bond donors (Lipinski definition) is 1. The van der Waals surface area contributed by atoms with E-state index in [2.05, 4.69) is 60.9 Å². The number of aromatic nitrogens is 3. The van der Waals surface area contributed by atoms with Crippen molar-refractivity contribution in [3.8, 4) is 10.8 Å². The van der Waals surface area contributed by atoms with Gasteiger partial charge in [0.15, 0.2) is 10.8 Å². The molecule has 1 fully saturated rings. The zero-order valence-electron chi connectivity index (χ0n) is 14.0. The monoisotopic (exact) mass is 351 g/mol. The van der Waals surface area contributed by atoms with E-state index in [-0.39, 0.29) is 0 Å². The quantitative estimate of drug-likeness (QED) is 0.739. The lowest BCUT2D eigenvalue weighted by atomic mass is 10.1. The highest BCUT2D eigenvalue weighted by Crippen LogP contribution is 2.23. The highest BCUT2D eigenvalue weighted by atomic mass is 32.1. The van der Waals surface area contributed by atoms with Gasteiger partial charge in [0, 0.05) is 49.6 Å². The molecular weight excluding hydrogens is 330 g/mol. The van der Waals surface area contributed by atoms with Crippen LogP contribution in [-0.2, 0) is 6.54 Å². The van der Waals surface area contributed by atoms with E-state index in [1.165, 1.54) is 12.1 Å². The predicted molar refractivity (Wildman–Crippen MR) is 102 cm³/mol. The molecule has 0 saturated carbocycles. The normalized spacial score (nSPS) is 17.1. The molecule has 0 radical (unpaired) electrons. The van der Waals surface area contributed by atoms with E-state index in [0.29, 0.717) is 11.7 Å². The number of nitrogens with zero attached hydrogens (tertiary/aromatic N) is 4. The van der Waals surface area contributed by atoms with Gasteiger partial charge in [0.2, 0.25) is 0 Å². The Labute approximate surface area is 151 Å². The third kappa shape index (κ3) is 4.03. The number of thiazole rings is 1.